The molecule has 2 heterocycles. The van der Waals surface area contributed by atoms with Gasteiger partial charge in [0.25, 0.3) is 0 Å². The molecule has 124 valence electrons. The van der Waals surface area contributed by atoms with Crippen molar-refractivity contribution in [3.63, 3.8) is 0 Å². The van der Waals surface area contributed by atoms with Gasteiger partial charge in [-0.1, -0.05) is 25.5 Å². The lowest BCUT2D eigenvalue weighted by molar-refractivity contribution is -0.207. The molecular weight excluding hydrogens is 288 g/mol. The van der Waals surface area contributed by atoms with Crippen LogP contribution in [0.1, 0.15) is 51.0 Å². The number of hydrogen-bond donors (Lipinski definition) is 0. The number of rotatable bonds is 3. The van der Waals surface area contributed by atoms with Gasteiger partial charge in [-0.25, -0.2) is 0 Å². The van der Waals surface area contributed by atoms with Crippen molar-refractivity contribution in [2.24, 2.45) is 22.7 Å². The van der Waals surface area contributed by atoms with Crippen LogP contribution in [0.4, 0.5) is 0 Å². The monoisotopic (exact) mass is 314 g/mol. The molecule has 1 saturated heterocycles. The van der Waals surface area contributed by atoms with E-state index in [2.05, 4.69) is 13.5 Å². The molecule has 1 aromatic rings. The molecule has 1 aliphatic heterocycles. The van der Waals surface area contributed by atoms with Crippen molar-refractivity contribution >= 4 is 5.97 Å². The van der Waals surface area contributed by atoms with Gasteiger partial charge in [-0.15, -0.1) is 0 Å². The molecule has 1 aromatic heterocycles. The topological polar surface area (TPSA) is 39.4 Å². The third kappa shape index (κ3) is 2.12. The van der Waals surface area contributed by atoms with Crippen LogP contribution in [-0.4, -0.2) is 12.6 Å². The van der Waals surface area contributed by atoms with Crippen molar-refractivity contribution in [2.45, 2.75) is 51.9 Å². The second-order valence-corrected chi connectivity index (χ2v) is 8.10. The lowest BCUT2D eigenvalue weighted by atomic mass is 9.45. The number of hydrogen-bond acceptors (Lipinski definition) is 3. The van der Waals surface area contributed by atoms with Crippen LogP contribution < -0.4 is 0 Å². The minimum absolute atomic E-state index is 0.0534. The summed E-state index contributed by atoms with van der Waals surface area (Å²) in [6.07, 6.45) is 10.9. The van der Waals surface area contributed by atoms with Crippen LogP contribution in [0.3, 0.4) is 0 Å². The average molecular weight is 314 g/mol. The molecule has 2 aliphatic carbocycles. The van der Waals surface area contributed by atoms with Crippen LogP contribution >= 0.6 is 0 Å². The maximum Gasteiger partial charge on any atom is 0.313 e. The van der Waals surface area contributed by atoms with Gasteiger partial charge in [0.1, 0.15) is 0 Å². The van der Waals surface area contributed by atoms with Gasteiger partial charge in [-0.3, -0.25) is 4.79 Å². The summed E-state index contributed by atoms with van der Waals surface area (Å²) in [5.41, 5.74) is 2.32. The molecule has 3 aliphatic rings. The second-order valence-electron chi connectivity index (χ2n) is 8.10. The number of furan rings is 1. The van der Waals surface area contributed by atoms with Gasteiger partial charge in [0.15, 0.2) is 0 Å². The van der Waals surface area contributed by atoms with Gasteiger partial charge in [-0.05, 0) is 62.0 Å². The van der Waals surface area contributed by atoms with Crippen LogP contribution in [0.5, 0.6) is 0 Å². The van der Waals surface area contributed by atoms with Crippen LogP contribution in [-0.2, 0) is 16.0 Å². The lowest BCUT2D eigenvalue weighted by Gasteiger charge is -2.61. The predicted octanol–water partition coefficient (Wildman–Crippen LogP) is 4.53. The van der Waals surface area contributed by atoms with Crippen LogP contribution in [0.25, 0.3) is 0 Å². The number of aryl methyl sites for hydroxylation is 1. The highest BCUT2D eigenvalue weighted by atomic mass is 16.5. The van der Waals surface area contributed by atoms with E-state index in [4.69, 9.17) is 9.15 Å². The number of esters is 1. The van der Waals surface area contributed by atoms with E-state index in [1.54, 1.807) is 6.26 Å². The van der Waals surface area contributed by atoms with E-state index in [1.165, 1.54) is 17.6 Å². The third-order valence-corrected chi connectivity index (χ3v) is 6.88. The van der Waals surface area contributed by atoms with E-state index in [-0.39, 0.29) is 22.7 Å². The Morgan fingerprint density at radius 2 is 2.26 bits per heavy atom. The Labute approximate surface area is 138 Å². The van der Waals surface area contributed by atoms with Gasteiger partial charge < -0.3 is 9.15 Å². The molecule has 0 unspecified atom stereocenters. The first-order valence-electron chi connectivity index (χ1n) is 8.92. The Hall–Kier alpha value is -1.51. The Balaban J connectivity index is 1.68. The highest BCUT2D eigenvalue weighted by Gasteiger charge is 2.64. The molecule has 3 heteroatoms. The number of carbonyl (C=O) groups is 1. The molecule has 0 radical (unpaired) electrons. The number of cyclic esters (lactones) is 1. The highest BCUT2D eigenvalue weighted by molar-refractivity contribution is 5.80. The fraction of sp³-hybridized carbons (Fsp3) is 0.650. The van der Waals surface area contributed by atoms with Crippen molar-refractivity contribution < 1.29 is 13.9 Å². The zero-order valence-corrected chi connectivity index (χ0v) is 14.0. The van der Waals surface area contributed by atoms with Crippen molar-refractivity contribution in [1.29, 1.82) is 0 Å². The summed E-state index contributed by atoms with van der Waals surface area (Å²) in [5, 5.41) is 0. The molecule has 4 rings (SSSR count). The molecule has 2 bridgehead atoms. The maximum atomic E-state index is 12.9. The Bertz CT molecular complexity index is 617. The van der Waals surface area contributed by atoms with E-state index >= 15 is 0 Å². The fourth-order valence-electron chi connectivity index (χ4n) is 5.78. The zero-order valence-electron chi connectivity index (χ0n) is 14.0. The molecule has 0 aromatic carbocycles. The van der Waals surface area contributed by atoms with Crippen molar-refractivity contribution in [1.82, 2.24) is 0 Å². The summed E-state index contributed by atoms with van der Waals surface area (Å²) in [6, 6.07) is 2.02. The maximum absolute atomic E-state index is 12.9. The largest absolute Gasteiger partial charge is 0.472 e. The molecule has 0 N–H and O–H groups in total. The first-order valence-corrected chi connectivity index (χ1v) is 8.92. The van der Waals surface area contributed by atoms with Gasteiger partial charge >= 0.3 is 5.97 Å². The first-order chi connectivity index (χ1) is 11.1. The molecule has 2 saturated carbocycles. The van der Waals surface area contributed by atoms with Gasteiger partial charge in [0.2, 0.25) is 0 Å². The summed E-state index contributed by atoms with van der Waals surface area (Å²) >= 11 is 0. The molecule has 23 heavy (non-hydrogen) atoms. The van der Waals surface area contributed by atoms with Crippen LogP contribution in [0, 0.1) is 22.7 Å². The van der Waals surface area contributed by atoms with E-state index in [0.29, 0.717) is 12.5 Å². The quantitative estimate of drug-likeness (QED) is 0.608. The summed E-state index contributed by atoms with van der Waals surface area (Å²) in [4.78, 5) is 12.9. The van der Waals surface area contributed by atoms with Crippen molar-refractivity contribution in [3.8, 4) is 0 Å². The van der Waals surface area contributed by atoms with Crippen molar-refractivity contribution in [3.05, 3.63) is 36.3 Å². The smallest absolute Gasteiger partial charge is 0.313 e. The SMILES string of the molecule is C=C1CC[C@@H]2[C@@]3(C)CCC[C@]2(C(=O)OC3)[C@@H]1CCc1ccoc1. The molecule has 3 nitrogen and oxygen atoms in total. The molecule has 3 fully saturated rings. The highest BCUT2D eigenvalue weighted by Crippen LogP contribution is 2.64. The number of carbonyl (C=O) groups excluding carboxylic acids is 1. The van der Waals surface area contributed by atoms with Gasteiger partial charge in [0, 0.05) is 5.41 Å². The average Bonchev–Trinajstić information content (AvgIpc) is 3.04. The Morgan fingerprint density at radius 3 is 3.04 bits per heavy atom. The van der Waals surface area contributed by atoms with Gasteiger partial charge in [0.05, 0.1) is 24.5 Å². The van der Waals surface area contributed by atoms with E-state index in [9.17, 15) is 4.79 Å². The minimum Gasteiger partial charge on any atom is -0.472 e. The summed E-state index contributed by atoms with van der Waals surface area (Å²) in [5.74, 6) is 0.770. The summed E-state index contributed by atoms with van der Waals surface area (Å²) < 4.78 is 10.9. The minimum atomic E-state index is -0.315. The summed E-state index contributed by atoms with van der Waals surface area (Å²) in [7, 11) is 0. The normalized spacial score (nSPS) is 39.7. The van der Waals surface area contributed by atoms with Crippen molar-refractivity contribution in [2.75, 3.05) is 6.61 Å². The van der Waals surface area contributed by atoms with E-state index < -0.39 is 0 Å². The van der Waals surface area contributed by atoms with E-state index in [1.807, 2.05) is 12.3 Å². The molecule has 0 spiro atoms. The van der Waals surface area contributed by atoms with Gasteiger partial charge in [-0.2, -0.15) is 0 Å². The predicted molar refractivity (Wildman–Crippen MR) is 87.7 cm³/mol. The number of allylic oxidation sites excluding steroid dienone is 1. The standard InChI is InChI=1S/C20H26O3/c1-14-4-7-17-19(2)9-3-10-20(17,18(21)23-13-19)16(14)6-5-15-8-11-22-12-15/h8,11-12,16-17H,1,3-7,9-10,13H2,2H3/t16-,17-,19+,20+/m1/s1. The van der Waals surface area contributed by atoms with E-state index in [0.717, 1.165) is 38.5 Å². The fourth-order valence-corrected chi connectivity index (χ4v) is 5.78. The number of ether oxygens (including phenoxy) is 1. The lowest BCUT2D eigenvalue weighted by Crippen LogP contribution is -2.61. The van der Waals surface area contributed by atoms with Crippen LogP contribution in [0.15, 0.2) is 35.2 Å². The first kappa shape index (κ1) is 15.0. The van der Waals surface area contributed by atoms with Crippen LogP contribution in [0.2, 0.25) is 0 Å². The zero-order chi connectivity index (χ0) is 16.1. The Morgan fingerprint density at radius 1 is 1.39 bits per heavy atom. The Kier molecular flexibility index (Phi) is 3.44. The molecular formula is C20H26O3. The summed E-state index contributed by atoms with van der Waals surface area (Å²) in [6.45, 7) is 7.30. The molecule has 4 atom stereocenters. The third-order valence-electron chi connectivity index (χ3n) is 6.88. The second kappa shape index (κ2) is 5.25. The molecule has 0 amide bonds.